The third-order valence-electron chi connectivity index (χ3n) is 24.8. The zero-order valence-electron chi connectivity index (χ0n) is 81.7. The molecule has 0 aromatic carbocycles. The molecule has 0 bridgehead atoms. The first-order chi connectivity index (χ1) is 65.1. The van der Waals surface area contributed by atoms with Crippen molar-refractivity contribution < 1.29 is 96.8 Å². The van der Waals surface area contributed by atoms with E-state index < -0.39 is 164 Å². The van der Waals surface area contributed by atoms with Crippen LogP contribution in [-0.4, -0.2) is 444 Å². The van der Waals surface area contributed by atoms with Crippen LogP contribution in [0.25, 0.3) is 33.5 Å². The summed E-state index contributed by atoms with van der Waals surface area (Å²) in [6, 6.07) is 1.51. The van der Waals surface area contributed by atoms with Gasteiger partial charge < -0.3 is 87.8 Å². The van der Waals surface area contributed by atoms with Crippen LogP contribution in [0.5, 0.6) is 0 Å². The molecule has 9 N–H and O–H groups in total. The molecule has 7 saturated heterocycles. The minimum atomic E-state index is -4.38. The Labute approximate surface area is 801 Å². The molecule has 7 aromatic heterocycles. The first kappa shape index (κ1) is 108. The number of aromatic nitrogens is 14. The van der Waals surface area contributed by atoms with Gasteiger partial charge in [-0.15, -0.1) is 0 Å². The number of nitrogens with two attached hydrogens (primary N) is 4. The third kappa shape index (κ3) is 23.3. The Kier molecular flexibility index (Phi) is 34.5. The lowest BCUT2D eigenvalue weighted by Gasteiger charge is -2.46. The molecule has 0 saturated carbocycles. The molecule has 0 spiro atoms. The molecule has 7 aliphatic heterocycles. The van der Waals surface area contributed by atoms with Crippen LogP contribution in [0.4, 0.5) is 23.4 Å². The van der Waals surface area contributed by atoms with Crippen LogP contribution in [0.3, 0.4) is 0 Å². The molecular formula is C76H135N32O23P7. The summed E-state index contributed by atoms with van der Waals surface area (Å²) in [6.07, 6.45) is -3.14. The van der Waals surface area contributed by atoms with Crippen LogP contribution < -0.4 is 34.2 Å². The lowest BCUT2D eigenvalue weighted by Crippen LogP contribution is -2.51. The molecule has 14 rings (SSSR count). The molecule has 138 heavy (non-hydrogen) atoms. The summed E-state index contributed by atoms with van der Waals surface area (Å²) in [5.74, 6) is 0.0317. The monoisotopic (exact) mass is 2080 g/mol. The minimum Gasteiger partial charge on any atom is -0.383 e. The van der Waals surface area contributed by atoms with Crippen molar-refractivity contribution in [3.05, 3.63) is 64.7 Å². The molecule has 7 aromatic rings. The van der Waals surface area contributed by atoms with Gasteiger partial charge in [0.05, 0.1) is 146 Å². The molecule has 0 amide bonds. The molecule has 55 nitrogen and oxygen atoms in total. The third-order valence-corrected chi connectivity index (χ3v) is 42.6. The van der Waals surface area contributed by atoms with E-state index in [0.717, 1.165) is 0 Å². The SMILES string of the molecule is CCP(=O)(OC[C@@H]1CN(P(=O)(OC[C@@H]2CN(P(=O)(OC[C@@H]3CN(P(=O)(OC[C@@H]4CN(P(=O)(OC[C@@H]5CN(P(=O)(OC[C@@H]6CN(P(=O)(OC[C@@H]7CN(C(C)C)C[C@H](n8cnc9c(N)ncnc98)O7)N(C)C)C[C@H](C)O6)N(C)C)C[C@H](n6cnc7c(=O)[nH]c(N)nc76)O5)N(C)C)C[C@H](n5cnc6c(N)ncnc65)O4)N(C)C)C[C@H](C)O3)N(C)C)C[C@H](n3ccc(N)nc3=O)O2)N(C)C)C[C@H](C)O1)N(C)C. The van der Waals surface area contributed by atoms with Crippen molar-refractivity contribution in [2.45, 2.75) is 134 Å². The van der Waals surface area contributed by atoms with E-state index in [9.17, 15) is 14.2 Å². The summed E-state index contributed by atoms with van der Waals surface area (Å²) < 4.78 is 228. The van der Waals surface area contributed by atoms with Crippen LogP contribution in [0.1, 0.15) is 66.5 Å². The molecule has 7 fully saturated rings. The van der Waals surface area contributed by atoms with Crippen molar-refractivity contribution in [1.29, 1.82) is 0 Å². The van der Waals surface area contributed by atoms with Crippen LogP contribution >= 0.6 is 53.5 Å². The highest BCUT2D eigenvalue weighted by atomic mass is 31.2. The number of morpholine rings is 7. The second-order valence-corrected chi connectivity index (χ2v) is 55.3. The van der Waals surface area contributed by atoms with Crippen LogP contribution in [0.15, 0.2) is 53.5 Å². The quantitative estimate of drug-likeness (QED) is 0.0341. The normalized spacial score (nSPS) is 28.8. The van der Waals surface area contributed by atoms with Gasteiger partial charge in [0.25, 0.3) is 13.1 Å². The van der Waals surface area contributed by atoms with E-state index in [1.54, 1.807) is 161 Å². The minimum absolute atomic E-state index is 0.00858. The average molecular weight is 2080 g/mol. The zero-order valence-corrected chi connectivity index (χ0v) is 87.9. The topological polar surface area (TPSA) is 584 Å². The van der Waals surface area contributed by atoms with E-state index in [1.807, 2.05) is 13.8 Å². The maximum atomic E-state index is 16.6. The number of hydrogen-bond acceptors (Lipinski definition) is 37. The lowest BCUT2D eigenvalue weighted by atomic mass is 10.2. The second kappa shape index (κ2) is 44.1. The first-order valence-corrected chi connectivity index (χ1v) is 56.3. The number of nitrogens with zero attached hydrogens (tertiary/aromatic N) is 27. The summed E-state index contributed by atoms with van der Waals surface area (Å²) in [4.78, 5) is 70.9. The summed E-state index contributed by atoms with van der Waals surface area (Å²) in [5.41, 5.74) is 24.7. The largest absolute Gasteiger partial charge is 0.383 e. The number of nitrogen functional groups attached to an aromatic ring is 4. The van der Waals surface area contributed by atoms with Gasteiger partial charge >= 0.3 is 51.7 Å². The highest BCUT2D eigenvalue weighted by molar-refractivity contribution is 7.56. The number of hydrogen-bond donors (Lipinski definition) is 5. The summed E-state index contributed by atoms with van der Waals surface area (Å²) in [6.45, 7) is 9.68. The maximum Gasteiger partial charge on any atom is 0.351 e. The Morgan fingerprint density at radius 2 is 0.681 bits per heavy atom. The maximum absolute atomic E-state index is 16.6. The van der Waals surface area contributed by atoms with Crippen molar-refractivity contribution in [2.24, 2.45) is 0 Å². The fourth-order valence-electron chi connectivity index (χ4n) is 17.7. The van der Waals surface area contributed by atoms with Gasteiger partial charge in [-0.2, -0.15) is 9.97 Å². The first-order valence-electron chi connectivity index (χ1n) is 45.3. The molecule has 62 heteroatoms. The fourth-order valence-corrected chi connectivity index (χ4v) is 31.3. The van der Waals surface area contributed by atoms with Crippen LogP contribution in [-0.2, 0) is 96.8 Å². The molecule has 7 unspecified atom stereocenters. The molecule has 21 atom stereocenters. The number of fused-ring (bicyclic) bond motifs is 3. The zero-order chi connectivity index (χ0) is 100.0. The van der Waals surface area contributed by atoms with Gasteiger partial charge in [-0.3, -0.25) is 64.9 Å². The van der Waals surface area contributed by atoms with E-state index >= 15 is 27.4 Å². The highest BCUT2D eigenvalue weighted by Gasteiger charge is 2.53. The van der Waals surface area contributed by atoms with Gasteiger partial charge in [-0.05, 0) is 139 Å². The highest BCUT2D eigenvalue weighted by Crippen LogP contribution is 2.62. The van der Waals surface area contributed by atoms with E-state index in [1.165, 1.54) is 74.7 Å². The van der Waals surface area contributed by atoms with Crippen molar-refractivity contribution in [3.8, 4) is 0 Å². The molecule has 0 aliphatic carbocycles. The predicted octanol–water partition coefficient (Wildman–Crippen LogP) is 3.77. The van der Waals surface area contributed by atoms with Crippen molar-refractivity contribution in [1.82, 2.24) is 134 Å². The Morgan fingerprint density at radius 1 is 0.377 bits per heavy atom. The van der Waals surface area contributed by atoms with Gasteiger partial charge in [-0.1, -0.05) is 6.92 Å². The van der Waals surface area contributed by atoms with Crippen molar-refractivity contribution in [3.63, 3.8) is 0 Å². The number of imidazole rings is 3. The Balaban J connectivity index is 0.680. The number of H-pyrrole nitrogens is 1. The number of anilines is 4. The molecule has 14 heterocycles. The fraction of sp³-hybridized carbons (Fsp3) is 0.750. The van der Waals surface area contributed by atoms with Gasteiger partial charge in [0, 0.05) is 90.4 Å². The lowest BCUT2D eigenvalue weighted by molar-refractivity contribution is -0.138. The van der Waals surface area contributed by atoms with Crippen molar-refractivity contribution in [2.75, 3.05) is 266 Å². The van der Waals surface area contributed by atoms with E-state index in [2.05, 4.69) is 68.6 Å². The molecular weight excluding hydrogens is 1950 g/mol. The Morgan fingerprint density at radius 3 is 1.01 bits per heavy atom. The van der Waals surface area contributed by atoms with Gasteiger partial charge in [-0.25, -0.2) is 100 Å². The van der Waals surface area contributed by atoms with Gasteiger partial charge in [0.15, 0.2) is 40.3 Å². The van der Waals surface area contributed by atoms with E-state index in [0.29, 0.717) is 24.3 Å². The van der Waals surface area contributed by atoms with E-state index in [4.69, 9.17) is 87.8 Å². The van der Waals surface area contributed by atoms with E-state index in [-0.39, 0.29) is 170 Å². The summed E-state index contributed by atoms with van der Waals surface area (Å²) in [7, 11) is -5.52. The molecule has 0 radical (unpaired) electrons. The Hall–Kier alpha value is -5.98. The summed E-state index contributed by atoms with van der Waals surface area (Å²) in [5, 5.41) is 0. The smallest absolute Gasteiger partial charge is 0.351 e. The molecule has 772 valence electrons. The summed E-state index contributed by atoms with van der Waals surface area (Å²) >= 11 is 0. The average Bonchev–Trinajstić information content (AvgIpc) is 1.48. The number of rotatable bonds is 40. The van der Waals surface area contributed by atoms with Gasteiger partial charge in [0.2, 0.25) is 5.95 Å². The number of aromatic amines is 1. The van der Waals surface area contributed by atoms with Gasteiger partial charge in [0.1, 0.15) is 48.2 Å². The second-order valence-electron chi connectivity index (χ2n) is 36.7. The number of ether oxygens (including phenoxy) is 7. The van der Waals surface area contributed by atoms with Crippen LogP contribution in [0.2, 0.25) is 0 Å². The van der Waals surface area contributed by atoms with Crippen molar-refractivity contribution >= 4 is 110 Å². The predicted molar refractivity (Wildman–Crippen MR) is 511 cm³/mol. The number of nitrogens with one attached hydrogen (secondary N) is 1. The standard InChI is InChI=1S/C76H135N32O23P7/c1-21-132(111,91(7)8)118-38-55-28-99(24-51(4)125-55)134(113,93(11)12)122-42-58-31-102(35-63(129-58)105-23-22-61(77)88-76(105)110)136(115,95(15)16)120-40-57-30-101(26-53(6)127-57)135(114,94(13)14)123-43-59-32-103(36-64(130-59)107-48-86-67-70(79)82-46-84-72(67)107)138(117,97(19)20)124-44-60-33-104(37-65(131-60)108-49-87-68-73(108)89-75(80)90-74(68)109)137(116,96(17)18)121-41-56-29-100(25-52(5)126-56)133(112,92(9)10)119-39-54-27-98(50(2)3)34-62(128-54)106-47-85-66-69(78)81-45-83-71(66)106/h22-23,45-60,62-65H,21,24-44H2,1-20H3,(H2,77,88,110)(H2,78,81,83)(H2,79,82,84)(H3,80,89,90,109)/t51-,52-,53-,54-,55-,56-,57-,58-,59-,60-,62+,63+,64+,65+,132?,133?,134?,135?,136?,137?,138?/m0/s1. The van der Waals surface area contributed by atoms with Crippen LogP contribution in [0, 0.1) is 0 Å². The molecule has 7 aliphatic rings. The Bertz CT molecular complexity index is 5860.